The first-order valence-electron chi connectivity index (χ1n) is 5.48. The summed E-state index contributed by atoms with van der Waals surface area (Å²) >= 11 is 5.20. The number of ether oxygens (including phenoxy) is 2. The molecule has 0 spiro atoms. The first kappa shape index (κ1) is 11.8. The monoisotopic (exact) mass is 243 g/mol. The van der Waals surface area contributed by atoms with Gasteiger partial charge in [0.25, 0.3) is 0 Å². The summed E-state index contributed by atoms with van der Waals surface area (Å²) in [5, 5.41) is 7.14. The fourth-order valence-electron chi connectivity index (χ4n) is 2.04. The molecule has 2 heterocycles. The van der Waals surface area contributed by atoms with Gasteiger partial charge in [0.1, 0.15) is 5.82 Å². The second-order valence-corrected chi connectivity index (χ2v) is 4.49. The average molecular weight is 243 g/mol. The van der Waals surface area contributed by atoms with Gasteiger partial charge in [-0.05, 0) is 25.6 Å². The quantitative estimate of drug-likeness (QED) is 0.814. The predicted molar refractivity (Wildman–Crippen MR) is 62.1 cm³/mol. The van der Waals surface area contributed by atoms with E-state index in [9.17, 15) is 0 Å². The van der Waals surface area contributed by atoms with Crippen molar-refractivity contribution in [1.82, 2.24) is 14.8 Å². The van der Waals surface area contributed by atoms with Crippen LogP contribution in [0.5, 0.6) is 0 Å². The summed E-state index contributed by atoms with van der Waals surface area (Å²) < 4.78 is 13.3. The Hall–Kier alpha value is -0.720. The van der Waals surface area contributed by atoms with E-state index in [1.54, 1.807) is 7.11 Å². The van der Waals surface area contributed by atoms with Crippen LogP contribution < -0.4 is 0 Å². The van der Waals surface area contributed by atoms with Gasteiger partial charge in [-0.15, -0.1) is 0 Å². The number of rotatable bonds is 4. The topological polar surface area (TPSA) is 52.1 Å². The predicted octanol–water partition coefficient (Wildman–Crippen LogP) is 1.48. The van der Waals surface area contributed by atoms with Crippen LogP contribution in [0.3, 0.4) is 0 Å². The number of aromatic amines is 1. The third-order valence-corrected chi connectivity index (χ3v) is 3.18. The minimum absolute atomic E-state index is 0.311. The van der Waals surface area contributed by atoms with Crippen LogP contribution in [-0.4, -0.2) is 41.2 Å². The van der Waals surface area contributed by atoms with Crippen LogP contribution in [0, 0.1) is 4.77 Å². The maximum atomic E-state index is 5.56. The Morgan fingerprint density at radius 3 is 3.12 bits per heavy atom. The van der Waals surface area contributed by atoms with Gasteiger partial charge in [-0.2, -0.15) is 5.10 Å². The summed E-state index contributed by atoms with van der Waals surface area (Å²) in [4.78, 5) is 0. The van der Waals surface area contributed by atoms with E-state index in [1.165, 1.54) is 0 Å². The van der Waals surface area contributed by atoms with Crippen LogP contribution in [0.1, 0.15) is 25.1 Å². The van der Waals surface area contributed by atoms with Gasteiger partial charge in [0, 0.05) is 19.6 Å². The molecule has 1 N–H and O–H groups in total. The summed E-state index contributed by atoms with van der Waals surface area (Å²) in [5.41, 5.74) is 0. The highest BCUT2D eigenvalue weighted by Crippen LogP contribution is 2.27. The van der Waals surface area contributed by atoms with Gasteiger partial charge in [-0.1, -0.05) is 0 Å². The molecule has 1 saturated heterocycles. The number of nitrogens with one attached hydrogen (secondary N) is 1. The van der Waals surface area contributed by atoms with Gasteiger partial charge in [0.05, 0.1) is 19.3 Å². The zero-order chi connectivity index (χ0) is 11.5. The molecule has 5 nitrogen and oxygen atoms in total. The molecule has 1 aromatic rings. The van der Waals surface area contributed by atoms with Crippen LogP contribution in [0.2, 0.25) is 0 Å². The van der Waals surface area contributed by atoms with Crippen molar-refractivity contribution >= 4 is 12.2 Å². The van der Waals surface area contributed by atoms with E-state index in [0.29, 0.717) is 23.4 Å². The van der Waals surface area contributed by atoms with Crippen molar-refractivity contribution in [2.45, 2.75) is 31.9 Å². The third kappa shape index (κ3) is 2.34. The van der Waals surface area contributed by atoms with Crippen LogP contribution in [-0.2, 0) is 16.0 Å². The Balaban J connectivity index is 2.17. The van der Waals surface area contributed by atoms with E-state index in [0.717, 1.165) is 25.4 Å². The molecule has 6 heteroatoms. The number of H-pyrrole nitrogens is 1. The normalized spacial score (nSPS) is 25.1. The summed E-state index contributed by atoms with van der Waals surface area (Å²) in [6.45, 7) is 4.20. The van der Waals surface area contributed by atoms with Crippen LogP contribution in [0.15, 0.2) is 0 Å². The molecule has 1 aliphatic heterocycles. The fraction of sp³-hybridized carbons (Fsp3) is 0.800. The Labute approximate surface area is 99.8 Å². The molecular weight excluding hydrogens is 226 g/mol. The minimum Gasteiger partial charge on any atom is -0.383 e. The zero-order valence-electron chi connectivity index (χ0n) is 9.60. The highest BCUT2D eigenvalue weighted by molar-refractivity contribution is 7.71. The van der Waals surface area contributed by atoms with Gasteiger partial charge >= 0.3 is 0 Å². The molecular formula is C10H17N3O2S. The Morgan fingerprint density at radius 1 is 1.69 bits per heavy atom. The Bertz CT molecular complexity index is 401. The highest BCUT2D eigenvalue weighted by Gasteiger charge is 2.27. The molecule has 0 bridgehead atoms. The zero-order valence-corrected chi connectivity index (χ0v) is 10.4. The average Bonchev–Trinajstić information content (AvgIpc) is 2.82. The number of hydrogen-bond acceptors (Lipinski definition) is 4. The number of aromatic nitrogens is 3. The molecule has 1 fully saturated rings. The SMILES string of the molecule is COCCn1c(C2COC(C)C2)n[nH]c1=S. The number of hydrogen-bond donors (Lipinski definition) is 1. The Morgan fingerprint density at radius 2 is 2.50 bits per heavy atom. The van der Waals surface area contributed by atoms with E-state index in [2.05, 4.69) is 17.1 Å². The second-order valence-electron chi connectivity index (χ2n) is 4.11. The smallest absolute Gasteiger partial charge is 0.195 e. The fourth-order valence-corrected chi connectivity index (χ4v) is 2.27. The van der Waals surface area contributed by atoms with E-state index in [4.69, 9.17) is 21.7 Å². The van der Waals surface area contributed by atoms with E-state index in [-0.39, 0.29) is 0 Å². The molecule has 2 atom stereocenters. The molecule has 1 aromatic heterocycles. The first-order valence-corrected chi connectivity index (χ1v) is 5.89. The van der Waals surface area contributed by atoms with Crippen molar-refractivity contribution in [2.75, 3.05) is 20.3 Å². The van der Waals surface area contributed by atoms with Crippen molar-refractivity contribution in [3.63, 3.8) is 0 Å². The first-order chi connectivity index (χ1) is 7.72. The van der Waals surface area contributed by atoms with E-state index in [1.807, 2.05) is 4.57 Å². The maximum absolute atomic E-state index is 5.56. The van der Waals surface area contributed by atoms with Crippen molar-refractivity contribution in [1.29, 1.82) is 0 Å². The summed E-state index contributed by atoms with van der Waals surface area (Å²) in [7, 11) is 1.68. The maximum Gasteiger partial charge on any atom is 0.195 e. The summed E-state index contributed by atoms with van der Waals surface area (Å²) in [6.07, 6.45) is 1.32. The molecule has 0 aliphatic carbocycles. The van der Waals surface area contributed by atoms with E-state index >= 15 is 0 Å². The van der Waals surface area contributed by atoms with Crippen molar-refractivity contribution in [3.8, 4) is 0 Å². The third-order valence-electron chi connectivity index (χ3n) is 2.87. The summed E-state index contributed by atoms with van der Waals surface area (Å²) in [5.74, 6) is 1.34. The molecule has 0 saturated carbocycles. The van der Waals surface area contributed by atoms with Gasteiger partial charge < -0.3 is 14.0 Å². The van der Waals surface area contributed by atoms with Crippen molar-refractivity contribution in [2.24, 2.45) is 0 Å². The molecule has 90 valence electrons. The Kier molecular flexibility index (Phi) is 3.73. The number of nitrogens with zero attached hydrogens (tertiary/aromatic N) is 2. The second kappa shape index (κ2) is 5.07. The molecule has 2 unspecified atom stereocenters. The molecule has 16 heavy (non-hydrogen) atoms. The number of methoxy groups -OCH3 is 1. The summed E-state index contributed by atoms with van der Waals surface area (Å²) in [6, 6.07) is 0. The highest BCUT2D eigenvalue weighted by atomic mass is 32.1. The van der Waals surface area contributed by atoms with Gasteiger partial charge in [0.15, 0.2) is 4.77 Å². The van der Waals surface area contributed by atoms with Crippen molar-refractivity contribution < 1.29 is 9.47 Å². The van der Waals surface area contributed by atoms with Crippen LogP contribution in [0.4, 0.5) is 0 Å². The lowest BCUT2D eigenvalue weighted by atomic mass is 10.1. The molecule has 0 amide bonds. The molecule has 0 radical (unpaired) electrons. The standard InChI is InChI=1S/C10H17N3O2S/c1-7-5-8(6-15-7)9-11-12-10(16)13(9)3-4-14-2/h7-8H,3-6H2,1-2H3,(H,12,16). The largest absolute Gasteiger partial charge is 0.383 e. The molecule has 2 rings (SSSR count). The lowest BCUT2D eigenvalue weighted by molar-refractivity contribution is 0.123. The van der Waals surface area contributed by atoms with Crippen LogP contribution >= 0.6 is 12.2 Å². The van der Waals surface area contributed by atoms with Gasteiger partial charge in [-0.25, -0.2) is 0 Å². The van der Waals surface area contributed by atoms with Gasteiger partial charge in [-0.3, -0.25) is 5.10 Å². The lowest BCUT2D eigenvalue weighted by Gasteiger charge is -2.09. The molecule has 1 aliphatic rings. The van der Waals surface area contributed by atoms with E-state index < -0.39 is 0 Å². The van der Waals surface area contributed by atoms with Gasteiger partial charge in [0.2, 0.25) is 0 Å². The minimum atomic E-state index is 0.311. The van der Waals surface area contributed by atoms with Crippen LogP contribution in [0.25, 0.3) is 0 Å². The lowest BCUT2D eigenvalue weighted by Crippen LogP contribution is -2.12. The van der Waals surface area contributed by atoms with Crippen molar-refractivity contribution in [3.05, 3.63) is 10.6 Å². The molecule has 0 aromatic carbocycles.